The molecule has 0 fully saturated rings. The highest BCUT2D eigenvalue weighted by molar-refractivity contribution is 7.09. The summed E-state index contributed by atoms with van der Waals surface area (Å²) < 4.78 is 0. The van der Waals surface area contributed by atoms with Crippen LogP contribution in [0.3, 0.4) is 0 Å². The summed E-state index contributed by atoms with van der Waals surface area (Å²) in [7, 11) is 0. The van der Waals surface area contributed by atoms with Gasteiger partial charge in [-0.05, 0) is 23.6 Å². The molecule has 0 amide bonds. The van der Waals surface area contributed by atoms with Crippen LogP contribution in [0.1, 0.15) is 5.01 Å². The van der Waals surface area contributed by atoms with Crippen LogP contribution in [-0.2, 0) is 6.42 Å². The van der Waals surface area contributed by atoms with Crippen molar-refractivity contribution in [2.24, 2.45) is 0 Å². The summed E-state index contributed by atoms with van der Waals surface area (Å²) in [6.45, 7) is 0.773. The lowest BCUT2D eigenvalue weighted by Crippen LogP contribution is -2.06. The lowest BCUT2D eigenvalue weighted by molar-refractivity contribution is 0.476. The summed E-state index contributed by atoms with van der Waals surface area (Å²) in [6, 6.07) is 7.23. The maximum Gasteiger partial charge on any atom is 0.133 e. The fraction of sp³-hybridized carbons (Fsp3) is 0.143. The Morgan fingerprint density at radius 2 is 2.11 bits per heavy atom. The molecular formula is C14H13N3OS. The van der Waals surface area contributed by atoms with Crippen LogP contribution in [0, 0.1) is 0 Å². The van der Waals surface area contributed by atoms with Crippen molar-refractivity contribution in [3.05, 3.63) is 47.0 Å². The molecule has 0 spiro atoms. The second-order valence-electron chi connectivity index (χ2n) is 4.17. The van der Waals surface area contributed by atoms with Crippen LogP contribution in [-0.4, -0.2) is 21.6 Å². The van der Waals surface area contributed by atoms with E-state index in [1.165, 1.54) is 0 Å². The van der Waals surface area contributed by atoms with Gasteiger partial charge in [0.15, 0.2) is 0 Å². The molecule has 4 nitrogen and oxygen atoms in total. The van der Waals surface area contributed by atoms with E-state index in [0.717, 1.165) is 34.6 Å². The Balaban J connectivity index is 1.78. The van der Waals surface area contributed by atoms with E-state index in [2.05, 4.69) is 15.3 Å². The van der Waals surface area contributed by atoms with Gasteiger partial charge in [0.2, 0.25) is 0 Å². The second kappa shape index (κ2) is 5.24. The number of phenolic OH excluding ortho intramolecular Hbond substituents is 1. The van der Waals surface area contributed by atoms with Gasteiger partial charge in [-0.2, -0.15) is 0 Å². The quantitative estimate of drug-likeness (QED) is 0.765. The second-order valence-corrected chi connectivity index (χ2v) is 5.15. The molecule has 2 aromatic heterocycles. The molecule has 96 valence electrons. The number of aromatic nitrogens is 2. The number of nitrogens with zero attached hydrogens (tertiary/aromatic N) is 2. The Kier molecular flexibility index (Phi) is 3.29. The minimum absolute atomic E-state index is 0.253. The van der Waals surface area contributed by atoms with Gasteiger partial charge in [0.05, 0.1) is 5.01 Å². The number of aromatic hydroxyl groups is 1. The van der Waals surface area contributed by atoms with Crippen LogP contribution in [0.4, 0.5) is 5.82 Å². The highest BCUT2D eigenvalue weighted by Gasteiger charge is 2.03. The Hall–Kier alpha value is -2.14. The fourth-order valence-corrected chi connectivity index (χ4v) is 2.58. The third-order valence-electron chi connectivity index (χ3n) is 2.86. The van der Waals surface area contributed by atoms with E-state index >= 15 is 0 Å². The van der Waals surface area contributed by atoms with Crippen LogP contribution >= 0.6 is 11.3 Å². The van der Waals surface area contributed by atoms with Crippen molar-refractivity contribution < 1.29 is 5.11 Å². The average Bonchev–Trinajstić information content (AvgIpc) is 2.92. The number of hydrogen-bond acceptors (Lipinski definition) is 5. The van der Waals surface area contributed by atoms with Crippen molar-refractivity contribution in [1.82, 2.24) is 9.97 Å². The SMILES string of the molecule is Oc1ccc2ccnc(NCCc3nccs3)c2c1. The summed E-state index contributed by atoms with van der Waals surface area (Å²) in [4.78, 5) is 8.57. The van der Waals surface area contributed by atoms with Crippen molar-refractivity contribution in [2.45, 2.75) is 6.42 Å². The third-order valence-corrected chi connectivity index (χ3v) is 3.70. The van der Waals surface area contributed by atoms with Gasteiger partial charge in [0.1, 0.15) is 11.6 Å². The molecule has 0 unspecified atom stereocenters. The van der Waals surface area contributed by atoms with Crippen molar-refractivity contribution in [2.75, 3.05) is 11.9 Å². The summed E-state index contributed by atoms with van der Waals surface area (Å²) in [5.41, 5.74) is 0. The van der Waals surface area contributed by atoms with Gasteiger partial charge in [0.25, 0.3) is 0 Å². The molecule has 0 aliphatic rings. The largest absolute Gasteiger partial charge is 0.508 e. The summed E-state index contributed by atoms with van der Waals surface area (Å²) in [6.07, 6.45) is 4.45. The molecule has 0 aliphatic heterocycles. The normalized spacial score (nSPS) is 10.7. The van der Waals surface area contributed by atoms with Crippen LogP contribution in [0.15, 0.2) is 42.0 Å². The van der Waals surface area contributed by atoms with Gasteiger partial charge in [-0.25, -0.2) is 9.97 Å². The van der Waals surface area contributed by atoms with Crippen LogP contribution < -0.4 is 5.32 Å². The van der Waals surface area contributed by atoms with Crippen molar-refractivity contribution >= 4 is 27.9 Å². The Bertz CT molecular complexity index is 682. The highest BCUT2D eigenvalue weighted by Crippen LogP contribution is 2.24. The molecule has 0 aliphatic carbocycles. The zero-order valence-electron chi connectivity index (χ0n) is 10.2. The highest BCUT2D eigenvalue weighted by atomic mass is 32.1. The maximum absolute atomic E-state index is 9.57. The van der Waals surface area contributed by atoms with E-state index in [1.54, 1.807) is 29.7 Å². The Morgan fingerprint density at radius 3 is 2.95 bits per heavy atom. The van der Waals surface area contributed by atoms with Gasteiger partial charge < -0.3 is 10.4 Å². The molecular weight excluding hydrogens is 258 g/mol. The number of fused-ring (bicyclic) bond motifs is 1. The van der Waals surface area contributed by atoms with E-state index in [-0.39, 0.29) is 5.75 Å². The number of hydrogen-bond donors (Lipinski definition) is 2. The van der Waals surface area contributed by atoms with Gasteiger partial charge >= 0.3 is 0 Å². The molecule has 0 bridgehead atoms. The van der Waals surface area contributed by atoms with Crippen molar-refractivity contribution in [3.63, 3.8) is 0 Å². The van der Waals surface area contributed by atoms with Gasteiger partial charge in [-0.3, -0.25) is 0 Å². The van der Waals surface area contributed by atoms with E-state index in [9.17, 15) is 5.11 Å². The van der Waals surface area contributed by atoms with Crippen molar-refractivity contribution in [1.29, 1.82) is 0 Å². The van der Waals surface area contributed by atoms with Gasteiger partial charge in [0, 0.05) is 36.1 Å². The first-order valence-corrected chi connectivity index (χ1v) is 6.91. The zero-order chi connectivity index (χ0) is 13.1. The fourth-order valence-electron chi connectivity index (χ4n) is 1.96. The molecule has 3 aromatic rings. The number of rotatable bonds is 4. The molecule has 19 heavy (non-hydrogen) atoms. The predicted molar refractivity (Wildman–Crippen MR) is 77.7 cm³/mol. The first-order valence-electron chi connectivity index (χ1n) is 6.03. The molecule has 2 heterocycles. The predicted octanol–water partition coefficient (Wildman–Crippen LogP) is 3.05. The molecule has 0 saturated heterocycles. The number of phenols is 1. The minimum atomic E-state index is 0.253. The van der Waals surface area contributed by atoms with Gasteiger partial charge in [-0.1, -0.05) is 6.07 Å². The molecule has 0 radical (unpaired) electrons. The number of pyridine rings is 1. The van der Waals surface area contributed by atoms with E-state index < -0.39 is 0 Å². The number of benzene rings is 1. The number of nitrogens with one attached hydrogen (secondary N) is 1. The molecule has 0 saturated carbocycles. The number of anilines is 1. The standard InChI is InChI=1S/C14H13N3OS/c18-11-2-1-10-3-5-16-14(12(10)9-11)17-6-4-13-15-7-8-19-13/h1-3,5,7-9,18H,4,6H2,(H,16,17). The van der Waals surface area contributed by atoms with E-state index in [0.29, 0.717) is 0 Å². The van der Waals surface area contributed by atoms with Crippen molar-refractivity contribution in [3.8, 4) is 5.75 Å². The Labute approximate surface area is 114 Å². The topological polar surface area (TPSA) is 58.0 Å². The molecule has 2 N–H and O–H groups in total. The summed E-state index contributed by atoms with van der Waals surface area (Å²) in [5, 5.41) is 17.9. The zero-order valence-corrected chi connectivity index (χ0v) is 11.0. The van der Waals surface area contributed by atoms with E-state index in [4.69, 9.17) is 0 Å². The van der Waals surface area contributed by atoms with Crippen LogP contribution in [0.25, 0.3) is 10.8 Å². The molecule has 3 rings (SSSR count). The van der Waals surface area contributed by atoms with Gasteiger partial charge in [-0.15, -0.1) is 11.3 Å². The summed E-state index contributed by atoms with van der Waals surface area (Å²) >= 11 is 1.65. The molecule has 1 aromatic carbocycles. The third kappa shape index (κ3) is 2.66. The maximum atomic E-state index is 9.57. The Morgan fingerprint density at radius 1 is 1.16 bits per heavy atom. The first kappa shape index (κ1) is 11.9. The van der Waals surface area contributed by atoms with Crippen LogP contribution in [0.2, 0.25) is 0 Å². The lowest BCUT2D eigenvalue weighted by atomic mass is 10.1. The molecule has 0 atom stereocenters. The molecule has 5 heteroatoms. The minimum Gasteiger partial charge on any atom is -0.508 e. The van der Waals surface area contributed by atoms with E-state index in [1.807, 2.05) is 23.7 Å². The summed E-state index contributed by atoms with van der Waals surface area (Å²) in [5.74, 6) is 1.05. The monoisotopic (exact) mass is 271 g/mol. The average molecular weight is 271 g/mol. The van der Waals surface area contributed by atoms with Crippen LogP contribution in [0.5, 0.6) is 5.75 Å². The smallest absolute Gasteiger partial charge is 0.133 e. The number of thiazole rings is 1. The lowest BCUT2D eigenvalue weighted by Gasteiger charge is -2.08. The first-order chi connectivity index (χ1) is 9.33.